The summed E-state index contributed by atoms with van der Waals surface area (Å²) < 4.78 is 4.84. The first-order chi connectivity index (χ1) is 4.26. The van der Waals surface area contributed by atoms with E-state index in [2.05, 4.69) is 0 Å². The third kappa shape index (κ3) is 2.79. The van der Waals surface area contributed by atoms with Gasteiger partial charge in [-0.15, -0.1) is 0 Å². The predicted octanol–water partition coefficient (Wildman–Crippen LogP) is -0.378. The Morgan fingerprint density at radius 2 is 1.89 bits per heavy atom. The lowest BCUT2D eigenvalue weighted by molar-refractivity contribution is -0.00425. The largest absolute Gasteiger partial charge is 0.396 e. The molecule has 0 fully saturated rings. The molecular weight excluding hydrogens is 120 g/mol. The quantitative estimate of drug-likeness (QED) is 0.551. The first-order valence-corrected chi connectivity index (χ1v) is 3.00. The van der Waals surface area contributed by atoms with E-state index in [0.717, 1.165) is 0 Å². The molecule has 0 aliphatic heterocycles. The number of aliphatic hydroxyl groups is 2. The molecule has 0 heterocycles. The maximum Gasteiger partial charge on any atom is 0.0849 e. The summed E-state index contributed by atoms with van der Waals surface area (Å²) in [5, 5.41) is 17.2. The molecule has 0 radical (unpaired) electrons. The van der Waals surface area contributed by atoms with Crippen LogP contribution in [-0.4, -0.2) is 36.6 Å². The smallest absolute Gasteiger partial charge is 0.0849 e. The van der Waals surface area contributed by atoms with Gasteiger partial charge in [0.25, 0.3) is 0 Å². The highest BCUT2D eigenvalue weighted by Crippen LogP contribution is 2.03. The SMILES string of the molecule is COC(CO)C(C)CO. The first kappa shape index (κ1) is 8.88. The van der Waals surface area contributed by atoms with Crippen molar-refractivity contribution < 1.29 is 14.9 Å². The Labute approximate surface area is 55.3 Å². The van der Waals surface area contributed by atoms with Gasteiger partial charge in [-0.1, -0.05) is 6.92 Å². The van der Waals surface area contributed by atoms with E-state index in [1.165, 1.54) is 7.11 Å². The highest BCUT2D eigenvalue weighted by Gasteiger charge is 2.13. The lowest BCUT2D eigenvalue weighted by Gasteiger charge is -2.17. The Balaban J connectivity index is 3.50. The van der Waals surface area contributed by atoms with Crippen molar-refractivity contribution in [1.82, 2.24) is 0 Å². The highest BCUT2D eigenvalue weighted by atomic mass is 16.5. The van der Waals surface area contributed by atoms with E-state index in [0.29, 0.717) is 0 Å². The number of methoxy groups -OCH3 is 1. The van der Waals surface area contributed by atoms with Gasteiger partial charge in [-0.25, -0.2) is 0 Å². The molecule has 0 amide bonds. The zero-order chi connectivity index (χ0) is 7.28. The number of aliphatic hydroxyl groups excluding tert-OH is 2. The van der Waals surface area contributed by atoms with E-state index in [9.17, 15) is 0 Å². The van der Waals surface area contributed by atoms with E-state index in [1.54, 1.807) is 0 Å². The van der Waals surface area contributed by atoms with Gasteiger partial charge in [0.2, 0.25) is 0 Å². The second kappa shape index (κ2) is 4.73. The number of hydrogen-bond acceptors (Lipinski definition) is 3. The van der Waals surface area contributed by atoms with Gasteiger partial charge in [0.05, 0.1) is 12.7 Å². The van der Waals surface area contributed by atoms with Gasteiger partial charge in [0.15, 0.2) is 0 Å². The van der Waals surface area contributed by atoms with Crippen LogP contribution < -0.4 is 0 Å². The summed E-state index contributed by atoms with van der Waals surface area (Å²) >= 11 is 0. The normalized spacial score (nSPS) is 17.3. The van der Waals surface area contributed by atoms with E-state index in [-0.39, 0.29) is 25.2 Å². The summed E-state index contributed by atoms with van der Waals surface area (Å²) in [4.78, 5) is 0. The van der Waals surface area contributed by atoms with Crippen molar-refractivity contribution in [3.63, 3.8) is 0 Å². The molecule has 0 aromatic heterocycles. The molecule has 0 aliphatic rings. The van der Waals surface area contributed by atoms with E-state index >= 15 is 0 Å². The summed E-state index contributed by atoms with van der Waals surface area (Å²) in [5.74, 6) is 0.0139. The predicted molar refractivity (Wildman–Crippen MR) is 34.1 cm³/mol. The lowest BCUT2D eigenvalue weighted by atomic mass is 10.1. The van der Waals surface area contributed by atoms with Crippen molar-refractivity contribution in [1.29, 1.82) is 0 Å². The summed E-state index contributed by atoms with van der Waals surface area (Å²) in [6.45, 7) is 1.85. The Morgan fingerprint density at radius 1 is 1.33 bits per heavy atom. The van der Waals surface area contributed by atoms with Crippen molar-refractivity contribution >= 4 is 0 Å². The van der Waals surface area contributed by atoms with Gasteiger partial charge in [-0.3, -0.25) is 0 Å². The summed E-state index contributed by atoms with van der Waals surface area (Å²) in [7, 11) is 1.52. The monoisotopic (exact) mass is 134 g/mol. The van der Waals surface area contributed by atoms with Crippen molar-refractivity contribution in [2.75, 3.05) is 20.3 Å². The van der Waals surface area contributed by atoms with Crippen LogP contribution in [0.15, 0.2) is 0 Å². The van der Waals surface area contributed by atoms with Crippen LogP contribution in [0, 0.1) is 5.92 Å². The van der Waals surface area contributed by atoms with Gasteiger partial charge < -0.3 is 14.9 Å². The van der Waals surface area contributed by atoms with E-state index in [4.69, 9.17) is 14.9 Å². The molecule has 0 spiro atoms. The summed E-state index contributed by atoms with van der Waals surface area (Å²) in [6.07, 6.45) is -0.227. The molecule has 0 aliphatic carbocycles. The molecule has 3 nitrogen and oxygen atoms in total. The highest BCUT2D eigenvalue weighted by molar-refractivity contribution is 4.62. The minimum absolute atomic E-state index is 0.0139. The minimum Gasteiger partial charge on any atom is -0.396 e. The average Bonchev–Trinajstić information content (AvgIpc) is 1.90. The molecule has 0 aromatic carbocycles. The van der Waals surface area contributed by atoms with Crippen LogP contribution in [0.5, 0.6) is 0 Å². The van der Waals surface area contributed by atoms with Crippen LogP contribution in [0.3, 0.4) is 0 Å². The molecule has 0 saturated heterocycles. The van der Waals surface area contributed by atoms with E-state index in [1.807, 2.05) is 6.92 Å². The second-order valence-electron chi connectivity index (χ2n) is 2.12. The molecule has 9 heavy (non-hydrogen) atoms. The number of rotatable bonds is 4. The third-order valence-corrected chi connectivity index (χ3v) is 1.41. The summed E-state index contributed by atoms with van der Waals surface area (Å²) in [6, 6.07) is 0. The fourth-order valence-corrected chi connectivity index (χ4v) is 0.604. The number of hydrogen-bond donors (Lipinski definition) is 2. The molecule has 0 saturated carbocycles. The Hall–Kier alpha value is -0.120. The van der Waals surface area contributed by atoms with E-state index < -0.39 is 0 Å². The Morgan fingerprint density at radius 3 is 2.00 bits per heavy atom. The fourth-order valence-electron chi connectivity index (χ4n) is 0.604. The lowest BCUT2D eigenvalue weighted by Crippen LogP contribution is -2.26. The van der Waals surface area contributed by atoms with Gasteiger partial charge in [0.1, 0.15) is 0 Å². The molecule has 0 rings (SSSR count). The van der Waals surface area contributed by atoms with Crippen LogP contribution in [-0.2, 0) is 4.74 Å². The van der Waals surface area contributed by atoms with Crippen LogP contribution in [0.1, 0.15) is 6.92 Å². The third-order valence-electron chi connectivity index (χ3n) is 1.41. The van der Waals surface area contributed by atoms with Gasteiger partial charge >= 0.3 is 0 Å². The zero-order valence-electron chi connectivity index (χ0n) is 5.87. The van der Waals surface area contributed by atoms with Gasteiger partial charge in [-0.2, -0.15) is 0 Å². The molecular formula is C6H14O3. The zero-order valence-corrected chi connectivity index (χ0v) is 5.87. The Kier molecular flexibility index (Phi) is 4.67. The van der Waals surface area contributed by atoms with Crippen molar-refractivity contribution in [3.05, 3.63) is 0 Å². The standard InChI is InChI=1S/C6H14O3/c1-5(3-7)6(4-8)9-2/h5-8H,3-4H2,1-2H3. The topological polar surface area (TPSA) is 49.7 Å². The molecule has 3 heteroatoms. The van der Waals surface area contributed by atoms with Crippen LogP contribution in [0.25, 0.3) is 0 Å². The summed E-state index contributed by atoms with van der Waals surface area (Å²) in [5.41, 5.74) is 0. The minimum atomic E-state index is -0.227. The molecule has 0 bridgehead atoms. The van der Waals surface area contributed by atoms with Crippen LogP contribution >= 0.6 is 0 Å². The molecule has 2 atom stereocenters. The average molecular weight is 134 g/mol. The van der Waals surface area contributed by atoms with Gasteiger partial charge in [0, 0.05) is 19.6 Å². The van der Waals surface area contributed by atoms with Crippen LogP contribution in [0.4, 0.5) is 0 Å². The Bertz CT molecular complexity index is 61.3. The molecule has 0 aromatic rings. The molecule has 2 N–H and O–H groups in total. The fraction of sp³-hybridized carbons (Fsp3) is 1.00. The van der Waals surface area contributed by atoms with Crippen molar-refractivity contribution in [2.45, 2.75) is 13.0 Å². The maximum atomic E-state index is 8.59. The molecule has 2 unspecified atom stereocenters. The number of ether oxygens (including phenoxy) is 1. The van der Waals surface area contributed by atoms with Crippen LogP contribution in [0.2, 0.25) is 0 Å². The first-order valence-electron chi connectivity index (χ1n) is 3.00. The van der Waals surface area contributed by atoms with Gasteiger partial charge in [-0.05, 0) is 0 Å². The molecule has 56 valence electrons. The van der Waals surface area contributed by atoms with Crippen molar-refractivity contribution in [3.8, 4) is 0 Å². The second-order valence-corrected chi connectivity index (χ2v) is 2.12. The maximum absolute atomic E-state index is 8.59. The van der Waals surface area contributed by atoms with Crippen molar-refractivity contribution in [2.24, 2.45) is 5.92 Å².